The van der Waals surface area contributed by atoms with Gasteiger partial charge in [0.05, 0.1) is 19.3 Å². The van der Waals surface area contributed by atoms with Crippen LogP contribution in [0.15, 0.2) is 84.9 Å². The Kier molecular flexibility index (Phi) is 13.2. The van der Waals surface area contributed by atoms with Crippen molar-refractivity contribution in [3.63, 3.8) is 0 Å². The van der Waals surface area contributed by atoms with Crippen molar-refractivity contribution in [1.29, 1.82) is 0 Å². The van der Waals surface area contributed by atoms with E-state index in [9.17, 15) is 14.7 Å². The lowest BCUT2D eigenvalue weighted by molar-refractivity contribution is -0.127. The molecule has 13 heteroatoms. The number of hydrogen-bond donors (Lipinski definition) is 4. The van der Waals surface area contributed by atoms with Gasteiger partial charge in [0.25, 0.3) is 0 Å². The standard InChI is InChI=1S/C35H46N8O4.ClH/c1-34(2,3)30(38-33(46)47-6)32(45)37-28(21-24-13-9-7-10-14-24)29(44)23-42(36)22-25-17-19-26(20-18-25)31-39-41-43(40-31)35(4,5)27-15-11-8-12-16-27;/h7-20,28-30,44H,21-23,36H2,1-6H3,(H,37,45)(H,38,46);1H/t28-,29-,30+;/m0./s1. The van der Waals surface area contributed by atoms with Crippen LogP contribution >= 0.6 is 12.4 Å². The molecule has 1 heterocycles. The fraction of sp³-hybridized carbons (Fsp3) is 0.400. The number of nitrogens with two attached hydrogens (primary N) is 1. The maximum absolute atomic E-state index is 13.4. The summed E-state index contributed by atoms with van der Waals surface area (Å²) in [4.78, 5) is 27.1. The maximum atomic E-state index is 13.4. The molecule has 0 saturated carbocycles. The number of alkyl carbamates (subject to hydrolysis) is 1. The number of hydrazine groups is 1. The summed E-state index contributed by atoms with van der Waals surface area (Å²) in [6.45, 7) is 10.0. The number of ether oxygens (including phenoxy) is 1. The summed E-state index contributed by atoms with van der Waals surface area (Å²) >= 11 is 0. The van der Waals surface area contributed by atoms with Crippen molar-refractivity contribution >= 4 is 24.4 Å². The fourth-order valence-electron chi connectivity index (χ4n) is 5.22. The van der Waals surface area contributed by atoms with Crippen LogP contribution in [0.3, 0.4) is 0 Å². The number of carbonyl (C=O) groups is 2. The highest BCUT2D eigenvalue weighted by atomic mass is 35.5. The summed E-state index contributed by atoms with van der Waals surface area (Å²) in [5, 5.41) is 31.7. The summed E-state index contributed by atoms with van der Waals surface area (Å²) < 4.78 is 4.73. The number of tetrazole rings is 1. The third-order valence-electron chi connectivity index (χ3n) is 8.08. The van der Waals surface area contributed by atoms with E-state index in [0.29, 0.717) is 18.8 Å². The molecule has 3 aromatic carbocycles. The van der Waals surface area contributed by atoms with Gasteiger partial charge >= 0.3 is 6.09 Å². The molecule has 0 aliphatic heterocycles. The van der Waals surface area contributed by atoms with Crippen molar-refractivity contribution in [1.82, 2.24) is 35.8 Å². The molecule has 0 aliphatic rings. The number of rotatable bonds is 13. The molecular formula is C35H47ClN8O4. The number of benzene rings is 3. The van der Waals surface area contributed by atoms with E-state index in [2.05, 4.69) is 26.0 Å². The van der Waals surface area contributed by atoms with Gasteiger partial charge in [-0.05, 0) is 47.6 Å². The van der Waals surface area contributed by atoms with Crippen molar-refractivity contribution in [2.45, 2.75) is 71.3 Å². The van der Waals surface area contributed by atoms with Gasteiger partial charge in [-0.15, -0.1) is 22.6 Å². The molecule has 0 radical (unpaired) electrons. The third kappa shape index (κ3) is 10.1. The highest BCUT2D eigenvalue weighted by molar-refractivity contribution is 5.86. The molecule has 0 spiro atoms. The van der Waals surface area contributed by atoms with Gasteiger partial charge in [-0.3, -0.25) is 10.6 Å². The second-order valence-corrected chi connectivity index (χ2v) is 13.3. The molecular weight excluding hydrogens is 632 g/mol. The predicted molar refractivity (Wildman–Crippen MR) is 187 cm³/mol. The number of aromatic nitrogens is 4. The first-order valence-corrected chi connectivity index (χ1v) is 15.6. The molecule has 2 amide bonds. The Bertz CT molecular complexity index is 1590. The number of nitrogens with zero attached hydrogens (tertiary/aromatic N) is 5. The Morgan fingerprint density at radius 1 is 0.917 bits per heavy atom. The number of halogens is 1. The van der Waals surface area contributed by atoms with E-state index in [-0.39, 0.29) is 19.0 Å². The first kappa shape index (κ1) is 38.1. The van der Waals surface area contributed by atoms with Crippen LogP contribution in [0.2, 0.25) is 0 Å². The number of aliphatic hydroxyl groups is 1. The van der Waals surface area contributed by atoms with E-state index in [0.717, 1.165) is 22.3 Å². The molecule has 5 N–H and O–H groups in total. The van der Waals surface area contributed by atoms with E-state index in [1.54, 1.807) is 4.80 Å². The van der Waals surface area contributed by atoms with Crippen LogP contribution < -0.4 is 16.5 Å². The molecule has 4 rings (SSSR count). The van der Waals surface area contributed by atoms with Gasteiger partial charge in [0, 0.05) is 18.7 Å². The van der Waals surface area contributed by atoms with Crippen LogP contribution in [0, 0.1) is 5.41 Å². The summed E-state index contributed by atoms with van der Waals surface area (Å²) in [6.07, 6.45) is -1.37. The minimum Gasteiger partial charge on any atom is -0.453 e. The highest BCUT2D eigenvalue weighted by Gasteiger charge is 2.35. The van der Waals surface area contributed by atoms with Crippen LogP contribution in [-0.4, -0.2) is 74.2 Å². The van der Waals surface area contributed by atoms with Crippen molar-refractivity contribution in [3.8, 4) is 11.4 Å². The molecule has 4 aromatic rings. The number of hydrogen-bond acceptors (Lipinski definition) is 9. The van der Waals surface area contributed by atoms with Crippen LogP contribution in [-0.2, 0) is 28.0 Å². The second kappa shape index (κ2) is 16.6. The first-order chi connectivity index (χ1) is 22.3. The quantitative estimate of drug-likeness (QED) is 0.121. The summed E-state index contributed by atoms with van der Waals surface area (Å²) in [5.41, 5.74) is 2.64. The van der Waals surface area contributed by atoms with Crippen LogP contribution in [0.5, 0.6) is 0 Å². The lowest BCUT2D eigenvalue weighted by atomic mass is 9.85. The maximum Gasteiger partial charge on any atom is 0.407 e. The topological polar surface area (TPSA) is 161 Å². The number of nitrogens with one attached hydrogen (secondary N) is 2. The molecule has 0 fully saturated rings. The average molecular weight is 679 g/mol. The largest absolute Gasteiger partial charge is 0.453 e. The minimum absolute atomic E-state index is 0. The van der Waals surface area contributed by atoms with Crippen LogP contribution in [0.4, 0.5) is 4.79 Å². The number of methoxy groups -OCH3 is 1. The number of carbonyl (C=O) groups excluding carboxylic acids is 2. The molecule has 12 nitrogen and oxygen atoms in total. The van der Waals surface area contributed by atoms with Gasteiger partial charge in [-0.25, -0.2) is 9.80 Å². The number of aliphatic hydroxyl groups excluding tert-OH is 1. The van der Waals surface area contributed by atoms with Crippen molar-refractivity contribution in [2.24, 2.45) is 11.3 Å². The summed E-state index contributed by atoms with van der Waals surface area (Å²) in [6, 6.07) is 25.7. The van der Waals surface area contributed by atoms with Crippen LogP contribution in [0.1, 0.15) is 51.3 Å². The van der Waals surface area contributed by atoms with Gasteiger partial charge in [-0.2, -0.15) is 4.80 Å². The Hall–Kier alpha value is -4.36. The monoisotopic (exact) mass is 678 g/mol. The zero-order chi connectivity index (χ0) is 34.2. The zero-order valence-corrected chi connectivity index (χ0v) is 29.1. The Morgan fingerprint density at radius 2 is 1.52 bits per heavy atom. The molecule has 0 bridgehead atoms. The average Bonchev–Trinajstić information content (AvgIpc) is 3.55. The first-order valence-electron chi connectivity index (χ1n) is 15.6. The lowest BCUT2D eigenvalue weighted by Gasteiger charge is -2.33. The van der Waals surface area contributed by atoms with Gasteiger partial charge in [0.1, 0.15) is 11.6 Å². The van der Waals surface area contributed by atoms with Crippen LogP contribution in [0.25, 0.3) is 11.4 Å². The second-order valence-electron chi connectivity index (χ2n) is 13.3. The molecule has 3 atom stereocenters. The van der Waals surface area contributed by atoms with E-state index in [1.807, 2.05) is 120 Å². The smallest absolute Gasteiger partial charge is 0.407 e. The molecule has 258 valence electrons. The zero-order valence-electron chi connectivity index (χ0n) is 28.3. The Morgan fingerprint density at radius 3 is 2.10 bits per heavy atom. The molecule has 0 aliphatic carbocycles. The summed E-state index contributed by atoms with van der Waals surface area (Å²) in [7, 11) is 1.24. The lowest BCUT2D eigenvalue weighted by Crippen LogP contribution is -2.58. The van der Waals surface area contributed by atoms with E-state index >= 15 is 0 Å². The van der Waals surface area contributed by atoms with E-state index in [4.69, 9.17) is 10.6 Å². The third-order valence-corrected chi connectivity index (χ3v) is 8.08. The molecule has 0 saturated heterocycles. The van der Waals surface area contributed by atoms with Crippen molar-refractivity contribution in [2.75, 3.05) is 13.7 Å². The Labute approximate surface area is 288 Å². The fourth-order valence-corrected chi connectivity index (χ4v) is 5.22. The van der Waals surface area contributed by atoms with E-state index in [1.165, 1.54) is 12.1 Å². The molecule has 48 heavy (non-hydrogen) atoms. The van der Waals surface area contributed by atoms with Gasteiger partial charge in [0.15, 0.2) is 0 Å². The van der Waals surface area contributed by atoms with Gasteiger partial charge < -0.3 is 20.5 Å². The number of amides is 2. The summed E-state index contributed by atoms with van der Waals surface area (Å²) in [5.74, 6) is 6.47. The van der Waals surface area contributed by atoms with Gasteiger partial charge in [-0.1, -0.05) is 106 Å². The predicted octanol–water partition coefficient (Wildman–Crippen LogP) is 4.08. The molecule has 0 unspecified atom stereocenters. The molecule has 1 aromatic heterocycles. The SMILES string of the molecule is COC(=O)N[C@H](C(=O)N[C@@H](Cc1ccccc1)[C@@H](O)CN(N)Cc1ccc(-c2nnn(C(C)(C)c3ccccc3)n2)cc1)C(C)(C)C.Cl. The van der Waals surface area contributed by atoms with E-state index < -0.39 is 41.1 Å². The Balaban J connectivity index is 0.00000625. The normalized spacial score (nSPS) is 13.6. The highest BCUT2D eigenvalue weighted by Crippen LogP contribution is 2.25. The van der Waals surface area contributed by atoms with Crippen molar-refractivity contribution < 1.29 is 19.4 Å². The van der Waals surface area contributed by atoms with Crippen molar-refractivity contribution in [3.05, 3.63) is 102 Å². The minimum atomic E-state index is -1.02. The van der Waals surface area contributed by atoms with Gasteiger partial charge in [0.2, 0.25) is 11.7 Å².